The van der Waals surface area contributed by atoms with Crippen LogP contribution in [0.4, 0.5) is 0 Å². The Morgan fingerprint density at radius 3 is 1.67 bits per heavy atom. The fraction of sp³-hybridized carbons (Fsp3) is 0.600. The molecular weight excluding hydrogens is 74.1 g/mol. The van der Waals surface area contributed by atoms with Crippen LogP contribution >= 0.6 is 0 Å². The first-order valence-corrected chi connectivity index (χ1v) is 2.20. The lowest BCUT2D eigenvalue weighted by Crippen LogP contribution is -1.87. The Balaban J connectivity index is 0. The molecule has 1 nitrogen and oxygen atoms in total. The molecule has 0 rings (SSSR count). The van der Waals surface area contributed by atoms with E-state index < -0.39 is 0 Å². The smallest absolute Gasteiger partial charge is 0.00275 e. The Kier molecular flexibility index (Phi) is 36.4. The van der Waals surface area contributed by atoms with E-state index in [1.54, 1.807) is 6.20 Å². The highest BCUT2D eigenvalue weighted by Crippen LogP contribution is 1.32. The average Bonchev–Trinajstić information content (AvgIpc) is 1.72. The predicted molar refractivity (Wildman–Crippen MR) is 30.6 cm³/mol. The summed E-state index contributed by atoms with van der Waals surface area (Å²) >= 11 is 0. The van der Waals surface area contributed by atoms with Crippen molar-refractivity contribution in [3.8, 4) is 0 Å². The van der Waals surface area contributed by atoms with E-state index in [1.165, 1.54) is 0 Å². The lowest BCUT2D eigenvalue weighted by Gasteiger charge is -1.70. The zero-order chi connectivity index (χ0) is 5.41. The van der Waals surface area contributed by atoms with Crippen molar-refractivity contribution in [2.45, 2.75) is 13.8 Å². The normalized spacial score (nSPS) is 4.50. The Morgan fingerprint density at radius 2 is 1.67 bits per heavy atom. The van der Waals surface area contributed by atoms with Crippen LogP contribution in [0.3, 0.4) is 0 Å². The number of nitrogens with one attached hydrogen (secondary N) is 1. The maximum absolute atomic E-state index is 3.37. The van der Waals surface area contributed by atoms with Crippen molar-refractivity contribution in [1.82, 2.24) is 5.32 Å². The van der Waals surface area contributed by atoms with Gasteiger partial charge in [-0.15, -0.1) is 0 Å². The van der Waals surface area contributed by atoms with E-state index in [-0.39, 0.29) is 0 Å². The second-order valence-corrected chi connectivity index (χ2v) is 0.493. The van der Waals surface area contributed by atoms with Gasteiger partial charge in [-0.1, -0.05) is 20.4 Å². The molecule has 1 heteroatoms. The van der Waals surface area contributed by atoms with E-state index in [1.807, 2.05) is 20.9 Å². The standard InChI is InChI=1S/C3H7N.C2H6/c1-3-4-2;1-2/h3-4H,1H2,2H3;1-2H3. The average molecular weight is 87.2 g/mol. The van der Waals surface area contributed by atoms with Crippen LogP contribution in [0.25, 0.3) is 0 Å². The van der Waals surface area contributed by atoms with Crippen molar-refractivity contribution in [2.24, 2.45) is 0 Å². The highest BCUT2D eigenvalue weighted by Gasteiger charge is 1.35. The molecule has 0 bridgehead atoms. The summed E-state index contributed by atoms with van der Waals surface area (Å²) in [5.41, 5.74) is 0. The van der Waals surface area contributed by atoms with Crippen LogP contribution in [-0.4, -0.2) is 7.05 Å². The van der Waals surface area contributed by atoms with E-state index in [0.29, 0.717) is 0 Å². The molecule has 0 aromatic carbocycles. The molecule has 6 heavy (non-hydrogen) atoms. The summed E-state index contributed by atoms with van der Waals surface area (Å²) in [5, 5.41) is 2.69. The molecule has 0 radical (unpaired) electrons. The summed E-state index contributed by atoms with van der Waals surface area (Å²) in [7, 11) is 1.81. The van der Waals surface area contributed by atoms with Gasteiger partial charge in [-0.25, -0.2) is 0 Å². The molecule has 0 aliphatic heterocycles. The van der Waals surface area contributed by atoms with Gasteiger partial charge in [0, 0.05) is 7.05 Å². The van der Waals surface area contributed by atoms with E-state index in [0.717, 1.165) is 0 Å². The van der Waals surface area contributed by atoms with E-state index in [4.69, 9.17) is 0 Å². The summed E-state index contributed by atoms with van der Waals surface area (Å²) in [6.07, 6.45) is 1.62. The van der Waals surface area contributed by atoms with Gasteiger partial charge in [0.2, 0.25) is 0 Å². The predicted octanol–water partition coefficient (Wildman–Crippen LogP) is 1.38. The molecule has 0 aliphatic rings. The van der Waals surface area contributed by atoms with Gasteiger partial charge >= 0.3 is 0 Å². The fourth-order valence-corrected chi connectivity index (χ4v) is 0. The Hall–Kier alpha value is -0.460. The van der Waals surface area contributed by atoms with Crippen molar-refractivity contribution >= 4 is 0 Å². The third-order valence-corrected chi connectivity index (χ3v) is 0.204. The molecule has 1 N–H and O–H groups in total. The fourth-order valence-electron chi connectivity index (χ4n) is 0. The number of rotatable bonds is 1. The first-order chi connectivity index (χ1) is 2.91. The lowest BCUT2D eigenvalue weighted by molar-refractivity contribution is 1.11. The Labute approximate surface area is 40.1 Å². The quantitative estimate of drug-likeness (QED) is 0.509. The summed E-state index contributed by atoms with van der Waals surface area (Å²) in [4.78, 5) is 0. The van der Waals surface area contributed by atoms with Gasteiger partial charge < -0.3 is 5.32 Å². The SMILES string of the molecule is C=CNC.CC. The molecule has 0 fully saturated rings. The topological polar surface area (TPSA) is 12.0 Å². The van der Waals surface area contributed by atoms with Crippen molar-refractivity contribution in [3.63, 3.8) is 0 Å². The Morgan fingerprint density at radius 1 is 1.50 bits per heavy atom. The van der Waals surface area contributed by atoms with E-state index in [9.17, 15) is 0 Å². The first kappa shape index (κ1) is 9.11. The second kappa shape index (κ2) is 24.0. The maximum Gasteiger partial charge on any atom is 0.00275 e. The molecule has 0 unspecified atom stereocenters. The van der Waals surface area contributed by atoms with Gasteiger partial charge in [-0.05, 0) is 6.20 Å². The maximum atomic E-state index is 3.37. The minimum atomic E-state index is 1.62. The second-order valence-electron chi connectivity index (χ2n) is 0.493. The van der Waals surface area contributed by atoms with Crippen molar-refractivity contribution < 1.29 is 0 Å². The Bertz CT molecular complexity index is 17.9. The van der Waals surface area contributed by atoms with Crippen LogP contribution in [0, 0.1) is 0 Å². The van der Waals surface area contributed by atoms with E-state index >= 15 is 0 Å². The molecule has 0 saturated heterocycles. The molecule has 0 heterocycles. The van der Waals surface area contributed by atoms with Gasteiger partial charge in [0.15, 0.2) is 0 Å². The van der Waals surface area contributed by atoms with Crippen LogP contribution in [0.2, 0.25) is 0 Å². The highest BCUT2D eigenvalue weighted by molar-refractivity contribution is 4.55. The molecule has 0 aliphatic carbocycles. The molecule has 0 spiro atoms. The molecular formula is C5H13N. The van der Waals surface area contributed by atoms with Crippen LogP contribution in [0.5, 0.6) is 0 Å². The van der Waals surface area contributed by atoms with E-state index in [2.05, 4.69) is 11.9 Å². The van der Waals surface area contributed by atoms with Gasteiger partial charge in [0.25, 0.3) is 0 Å². The third-order valence-electron chi connectivity index (χ3n) is 0.204. The zero-order valence-electron chi connectivity index (χ0n) is 4.78. The van der Waals surface area contributed by atoms with Crippen LogP contribution in [0.15, 0.2) is 12.8 Å². The van der Waals surface area contributed by atoms with Gasteiger partial charge in [-0.2, -0.15) is 0 Å². The van der Waals surface area contributed by atoms with Crippen molar-refractivity contribution in [3.05, 3.63) is 12.8 Å². The largest absolute Gasteiger partial charge is 0.394 e. The van der Waals surface area contributed by atoms with Gasteiger partial charge in [-0.3, -0.25) is 0 Å². The summed E-state index contributed by atoms with van der Waals surface area (Å²) in [6, 6.07) is 0. The molecule has 0 amide bonds. The van der Waals surface area contributed by atoms with Crippen LogP contribution in [-0.2, 0) is 0 Å². The van der Waals surface area contributed by atoms with Crippen LogP contribution < -0.4 is 5.32 Å². The number of hydrogen-bond acceptors (Lipinski definition) is 1. The zero-order valence-corrected chi connectivity index (χ0v) is 4.78. The molecule has 0 aromatic rings. The number of hydrogen-bond donors (Lipinski definition) is 1. The van der Waals surface area contributed by atoms with Gasteiger partial charge in [0.05, 0.1) is 0 Å². The summed E-state index contributed by atoms with van der Waals surface area (Å²) in [5.74, 6) is 0. The molecule has 0 atom stereocenters. The monoisotopic (exact) mass is 87.1 g/mol. The van der Waals surface area contributed by atoms with Crippen molar-refractivity contribution in [2.75, 3.05) is 7.05 Å². The molecule has 0 saturated carbocycles. The lowest BCUT2D eigenvalue weighted by atomic mass is 11.0. The summed E-state index contributed by atoms with van der Waals surface area (Å²) in [6.45, 7) is 7.37. The van der Waals surface area contributed by atoms with Crippen molar-refractivity contribution in [1.29, 1.82) is 0 Å². The first-order valence-electron chi connectivity index (χ1n) is 2.20. The van der Waals surface area contributed by atoms with Crippen LogP contribution in [0.1, 0.15) is 13.8 Å². The molecule has 0 aromatic heterocycles. The minimum absolute atomic E-state index is 1.62. The minimum Gasteiger partial charge on any atom is -0.394 e. The molecule has 38 valence electrons. The van der Waals surface area contributed by atoms with Gasteiger partial charge in [0.1, 0.15) is 0 Å². The third kappa shape index (κ3) is 78.3. The summed E-state index contributed by atoms with van der Waals surface area (Å²) < 4.78 is 0. The highest BCUT2D eigenvalue weighted by atomic mass is 14.8.